The quantitative estimate of drug-likeness (QED) is 0.563. The number of nitrogens with zero attached hydrogens (tertiary/aromatic N) is 2. The second-order valence-electron chi connectivity index (χ2n) is 4.88. The minimum Gasteiger partial charge on any atom is -0.308 e. The molecule has 4 nitrogen and oxygen atoms in total. The fourth-order valence-corrected chi connectivity index (χ4v) is 2.23. The van der Waals surface area contributed by atoms with Crippen LogP contribution >= 0.6 is 0 Å². The molecule has 80 valence electrons. The van der Waals surface area contributed by atoms with Gasteiger partial charge in [-0.25, -0.2) is 15.8 Å². The Morgan fingerprint density at radius 3 is 2.73 bits per heavy atom. The van der Waals surface area contributed by atoms with Gasteiger partial charge in [0.2, 0.25) is 0 Å². The van der Waals surface area contributed by atoms with Gasteiger partial charge in [0.1, 0.15) is 11.6 Å². The lowest BCUT2D eigenvalue weighted by Crippen LogP contribution is -2.16. The molecule has 3 N–H and O–H groups in total. The number of hydrazine groups is 1. The van der Waals surface area contributed by atoms with Gasteiger partial charge >= 0.3 is 0 Å². The highest BCUT2D eigenvalue weighted by Crippen LogP contribution is 2.46. The molecule has 0 aliphatic heterocycles. The zero-order valence-corrected chi connectivity index (χ0v) is 9.01. The van der Waals surface area contributed by atoms with Gasteiger partial charge in [0, 0.05) is 16.7 Å². The number of aromatic nitrogens is 2. The van der Waals surface area contributed by atoms with Crippen molar-refractivity contribution in [2.24, 2.45) is 5.84 Å². The van der Waals surface area contributed by atoms with Gasteiger partial charge in [-0.1, -0.05) is 6.92 Å². The molecule has 2 aliphatic rings. The van der Waals surface area contributed by atoms with E-state index in [4.69, 9.17) is 5.84 Å². The highest BCUT2D eigenvalue weighted by atomic mass is 15.3. The van der Waals surface area contributed by atoms with Crippen LogP contribution in [0.5, 0.6) is 0 Å². The van der Waals surface area contributed by atoms with Crippen LogP contribution in [0, 0.1) is 0 Å². The van der Waals surface area contributed by atoms with Crippen molar-refractivity contribution in [1.82, 2.24) is 9.97 Å². The normalized spacial score (nSPS) is 21.2. The molecule has 2 aliphatic carbocycles. The number of aryl methyl sites for hydroxylation is 1. The number of hydrogen-bond acceptors (Lipinski definition) is 4. The average molecular weight is 204 g/mol. The standard InChI is InChI=1S/C11H16N4/c1-11(5-6-11)10-13-8-4-2-3-7(8)9(14-10)15-12/h2-6,12H2,1H3,(H,13,14,15). The number of rotatable bonds is 2. The Hall–Kier alpha value is -1.16. The molecule has 0 spiro atoms. The molecule has 15 heavy (non-hydrogen) atoms. The Labute approximate surface area is 89.3 Å². The van der Waals surface area contributed by atoms with Gasteiger partial charge in [0.05, 0.1) is 0 Å². The van der Waals surface area contributed by atoms with Crippen molar-refractivity contribution in [2.75, 3.05) is 5.43 Å². The van der Waals surface area contributed by atoms with Gasteiger partial charge in [0.15, 0.2) is 0 Å². The van der Waals surface area contributed by atoms with Crippen molar-refractivity contribution < 1.29 is 0 Å². The zero-order chi connectivity index (χ0) is 10.5. The number of nitrogen functional groups attached to an aromatic ring is 1. The lowest BCUT2D eigenvalue weighted by atomic mass is 10.1. The third kappa shape index (κ3) is 1.32. The van der Waals surface area contributed by atoms with Crippen molar-refractivity contribution in [2.45, 2.75) is 44.4 Å². The third-order valence-corrected chi connectivity index (χ3v) is 3.61. The number of anilines is 1. The second kappa shape index (κ2) is 2.92. The minimum absolute atomic E-state index is 0.225. The van der Waals surface area contributed by atoms with Crippen LogP contribution < -0.4 is 11.3 Å². The molecular weight excluding hydrogens is 188 g/mol. The van der Waals surface area contributed by atoms with Crippen molar-refractivity contribution >= 4 is 5.82 Å². The van der Waals surface area contributed by atoms with Gasteiger partial charge in [-0.2, -0.15) is 0 Å². The largest absolute Gasteiger partial charge is 0.308 e. The first kappa shape index (κ1) is 9.09. The molecule has 0 atom stereocenters. The molecule has 3 rings (SSSR count). The Bertz CT molecular complexity index is 409. The summed E-state index contributed by atoms with van der Waals surface area (Å²) in [6, 6.07) is 0. The smallest absolute Gasteiger partial charge is 0.147 e. The van der Waals surface area contributed by atoms with Crippen LogP contribution in [0.15, 0.2) is 0 Å². The van der Waals surface area contributed by atoms with Gasteiger partial charge in [-0.15, -0.1) is 0 Å². The summed E-state index contributed by atoms with van der Waals surface area (Å²) in [4.78, 5) is 9.24. The summed E-state index contributed by atoms with van der Waals surface area (Å²) in [6.45, 7) is 2.23. The monoisotopic (exact) mass is 204 g/mol. The Morgan fingerprint density at radius 1 is 1.27 bits per heavy atom. The van der Waals surface area contributed by atoms with Crippen LogP contribution in [-0.2, 0) is 18.3 Å². The second-order valence-corrected chi connectivity index (χ2v) is 4.88. The molecule has 0 unspecified atom stereocenters. The molecule has 1 aromatic heterocycles. The molecule has 0 aromatic carbocycles. The molecule has 0 amide bonds. The van der Waals surface area contributed by atoms with E-state index in [0.29, 0.717) is 0 Å². The highest BCUT2D eigenvalue weighted by molar-refractivity contribution is 5.48. The van der Waals surface area contributed by atoms with Crippen LogP contribution in [0.3, 0.4) is 0 Å². The van der Waals surface area contributed by atoms with E-state index in [1.807, 2.05) is 0 Å². The van der Waals surface area contributed by atoms with E-state index in [9.17, 15) is 0 Å². The Kier molecular flexibility index (Phi) is 1.77. The molecular formula is C11H16N4. The molecule has 0 saturated heterocycles. The molecule has 1 saturated carbocycles. The summed E-state index contributed by atoms with van der Waals surface area (Å²) in [5, 5.41) is 0. The van der Waals surface area contributed by atoms with Crippen LogP contribution in [0.25, 0.3) is 0 Å². The maximum Gasteiger partial charge on any atom is 0.147 e. The van der Waals surface area contributed by atoms with E-state index in [2.05, 4.69) is 22.3 Å². The molecule has 4 heteroatoms. The zero-order valence-electron chi connectivity index (χ0n) is 9.01. The fourth-order valence-electron chi connectivity index (χ4n) is 2.23. The maximum absolute atomic E-state index is 5.52. The average Bonchev–Trinajstić information content (AvgIpc) is 2.82. The SMILES string of the molecule is CC1(c2nc3c(c(NN)n2)CCC3)CC1. The van der Waals surface area contributed by atoms with E-state index < -0.39 is 0 Å². The fraction of sp³-hybridized carbons (Fsp3) is 0.636. The van der Waals surface area contributed by atoms with E-state index in [-0.39, 0.29) is 5.41 Å². The third-order valence-electron chi connectivity index (χ3n) is 3.61. The Balaban J connectivity index is 2.11. The first-order valence-corrected chi connectivity index (χ1v) is 5.60. The number of hydrogen-bond donors (Lipinski definition) is 2. The summed E-state index contributed by atoms with van der Waals surface area (Å²) in [7, 11) is 0. The molecule has 1 aromatic rings. The predicted octanol–water partition coefficient (Wildman–Crippen LogP) is 1.30. The van der Waals surface area contributed by atoms with Crippen LogP contribution in [-0.4, -0.2) is 9.97 Å². The van der Waals surface area contributed by atoms with Crippen LogP contribution in [0.4, 0.5) is 5.82 Å². The lowest BCUT2D eigenvalue weighted by molar-refractivity contribution is 0.700. The summed E-state index contributed by atoms with van der Waals surface area (Å²) < 4.78 is 0. The van der Waals surface area contributed by atoms with E-state index in [1.54, 1.807) is 0 Å². The van der Waals surface area contributed by atoms with Gasteiger partial charge < -0.3 is 5.43 Å². The number of nitrogens with one attached hydrogen (secondary N) is 1. The van der Waals surface area contributed by atoms with Crippen molar-refractivity contribution in [1.29, 1.82) is 0 Å². The first-order chi connectivity index (χ1) is 7.23. The Morgan fingerprint density at radius 2 is 2.07 bits per heavy atom. The minimum atomic E-state index is 0.225. The molecule has 0 radical (unpaired) electrons. The van der Waals surface area contributed by atoms with Gasteiger partial charge in [-0.3, -0.25) is 0 Å². The lowest BCUT2D eigenvalue weighted by Gasteiger charge is -2.12. The maximum atomic E-state index is 5.52. The van der Waals surface area contributed by atoms with Gasteiger partial charge in [-0.05, 0) is 32.1 Å². The first-order valence-electron chi connectivity index (χ1n) is 5.60. The summed E-state index contributed by atoms with van der Waals surface area (Å²) in [6.07, 6.45) is 5.73. The number of fused-ring (bicyclic) bond motifs is 1. The summed E-state index contributed by atoms with van der Waals surface area (Å²) in [5.74, 6) is 7.35. The molecule has 1 heterocycles. The topological polar surface area (TPSA) is 63.8 Å². The van der Waals surface area contributed by atoms with Crippen LogP contribution in [0.2, 0.25) is 0 Å². The van der Waals surface area contributed by atoms with E-state index >= 15 is 0 Å². The van der Waals surface area contributed by atoms with Crippen LogP contribution in [0.1, 0.15) is 43.3 Å². The summed E-state index contributed by atoms with van der Waals surface area (Å²) >= 11 is 0. The molecule has 1 fully saturated rings. The van der Waals surface area contributed by atoms with Crippen molar-refractivity contribution in [3.63, 3.8) is 0 Å². The van der Waals surface area contributed by atoms with Gasteiger partial charge in [0.25, 0.3) is 0 Å². The molecule has 0 bridgehead atoms. The van der Waals surface area contributed by atoms with E-state index in [0.717, 1.165) is 24.5 Å². The number of nitrogens with two attached hydrogens (primary N) is 1. The summed E-state index contributed by atoms with van der Waals surface area (Å²) in [5.41, 5.74) is 5.38. The van der Waals surface area contributed by atoms with Crippen molar-refractivity contribution in [3.05, 3.63) is 17.1 Å². The van der Waals surface area contributed by atoms with Crippen molar-refractivity contribution in [3.8, 4) is 0 Å². The predicted molar refractivity (Wildman–Crippen MR) is 58.5 cm³/mol. The van der Waals surface area contributed by atoms with E-state index in [1.165, 1.54) is 30.5 Å². The highest BCUT2D eigenvalue weighted by Gasteiger charge is 2.42.